The molecule has 4 aromatic rings. The summed E-state index contributed by atoms with van der Waals surface area (Å²) in [6.07, 6.45) is 0.410. The molecule has 1 aromatic carbocycles. The second kappa shape index (κ2) is 9.06. The fraction of sp³-hybridized carbons (Fsp3) is 0.273. The Morgan fingerprint density at radius 3 is 2.74 bits per heavy atom. The zero-order chi connectivity index (χ0) is 23.7. The van der Waals surface area contributed by atoms with Gasteiger partial charge in [-0.25, -0.2) is 4.68 Å². The summed E-state index contributed by atoms with van der Waals surface area (Å²) in [6, 6.07) is 10.8. The molecule has 0 atom stereocenters. The molecule has 1 N–H and O–H groups in total. The van der Waals surface area contributed by atoms with Crippen LogP contribution in [-0.4, -0.2) is 67.2 Å². The molecule has 1 aliphatic heterocycles. The van der Waals surface area contributed by atoms with E-state index in [-0.39, 0.29) is 17.8 Å². The van der Waals surface area contributed by atoms with E-state index in [2.05, 4.69) is 35.7 Å². The van der Waals surface area contributed by atoms with Crippen molar-refractivity contribution in [2.24, 2.45) is 0 Å². The van der Waals surface area contributed by atoms with Gasteiger partial charge in [-0.3, -0.25) is 9.78 Å². The number of pyridine rings is 1. The molecule has 3 aromatic heterocycles. The third-order valence-corrected chi connectivity index (χ3v) is 5.38. The topological polar surface area (TPSA) is 115 Å². The number of carbonyl (C=O) groups excluding carboxylic acids is 1. The van der Waals surface area contributed by atoms with E-state index in [1.54, 1.807) is 35.1 Å². The van der Waals surface area contributed by atoms with Crippen molar-refractivity contribution >= 4 is 5.91 Å². The summed E-state index contributed by atoms with van der Waals surface area (Å²) in [5, 5.41) is 18.3. The van der Waals surface area contributed by atoms with Gasteiger partial charge in [0.1, 0.15) is 5.69 Å². The summed E-state index contributed by atoms with van der Waals surface area (Å²) in [7, 11) is 2.01. The summed E-state index contributed by atoms with van der Waals surface area (Å²) in [6.45, 7) is 2.04. The van der Waals surface area contributed by atoms with Crippen LogP contribution in [-0.2, 0) is 6.54 Å². The molecule has 0 spiro atoms. The molecule has 1 fully saturated rings. The van der Waals surface area contributed by atoms with E-state index in [9.17, 15) is 13.6 Å². The predicted molar refractivity (Wildman–Crippen MR) is 116 cm³/mol. The number of rotatable bonds is 7. The highest BCUT2D eigenvalue weighted by Gasteiger charge is 2.25. The first kappa shape index (κ1) is 21.8. The van der Waals surface area contributed by atoms with Crippen molar-refractivity contribution in [1.29, 1.82) is 0 Å². The number of hydrogen-bond donors (Lipinski definition) is 1. The molecule has 0 saturated carbocycles. The highest BCUT2D eigenvalue weighted by Crippen LogP contribution is 2.23. The van der Waals surface area contributed by atoms with Gasteiger partial charge in [-0.05, 0) is 31.3 Å². The highest BCUT2D eigenvalue weighted by molar-refractivity contribution is 5.95. The van der Waals surface area contributed by atoms with Crippen molar-refractivity contribution in [2.45, 2.75) is 19.0 Å². The van der Waals surface area contributed by atoms with Gasteiger partial charge in [0.25, 0.3) is 11.8 Å². The van der Waals surface area contributed by atoms with Gasteiger partial charge in [-0.2, -0.15) is 8.78 Å². The van der Waals surface area contributed by atoms with Crippen LogP contribution in [0.5, 0.6) is 0 Å². The van der Waals surface area contributed by atoms with E-state index in [0.29, 0.717) is 29.1 Å². The first-order chi connectivity index (χ1) is 16.4. The van der Waals surface area contributed by atoms with Crippen LogP contribution in [0.25, 0.3) is 22.7 Å². The van der Waals surface area contributed by atoms with Crippen LogP contribution in [0.15, 0.2) is 53.2 Å². The number of benzene rings is 1. The maximum atomic E-state index is 12.6. The molecule has 12 heteroatoms. The predicted octanol–water partition coefficient (Wildman–Crippen LogP) is 2.42. The van der Waals surface area contributed by atoms with Crippen molar-refractivity contribution in [1.82, 2.24) is 40.4 Å². The minimum atomic E-state index is -2.82. The third kappa shape index (κ3) is 4.66. The Bertz CT molecular complexity index is 1300. The fourth-order valence-corrected chi connectivity index (χ4v) is 3.64. The number of amides is 1. The molecule has 1 saturated heterocycles. The van der Waals surface area contributed by atoms with Crippen molar-refractivity contribution < 1.29 is 18.0 Å². The molecule has 4 heterocycles. The van der Waals surface area contributed by atoms with Gasteiger partial charge in [-0.1, -0.05) is 17.3 Å². The van der Waals surface area contributed by atoms with E-state index in [4.69, 9.17) is 4.42 Å². The Morgan fingerprint density at radius 1 is 1.18 bits per heavy atom. The Balaban J connectivity index is 1.25. The van der Waals surface area contributed by atoms with Gasteiger partial charge >= 0.3 is 6.43 Å². The summed E-state index contributed by atoms with van der Waals surface area (Å²) >= 11 is 0. The maximum Gasteiger partial charge on any atom is 0.314 e. The lowest BCUT2D eigenvalue weighted by Gasteiger charge is -2.36. The van der Waals surface area contributed by atoms with Crippen LogP contribution < -0.4 is 5.32 Å². The van der Waals surface area contributed by atoms with Crippen LogP contribution in [0.3, 0.4) is 0 Å². The smallest absolute Gasteiger partial charge is 0.314 e. The Kier molecular flexibility index (Phi) is 5.80. The highest BCUT2D eigenvalue weighted by atomic mass is 19.3. The van der Waals surface area contributed by atoms with E-state index in [1.165, 1.54) is 6.20 Å². The van der Waals surface area contributed by atoms with E-state index >= 15 is 0 Å². The fourth-order valence-electron chi connectivity index (χ4n) is 3.64. The van der Waals surface area contributed by atoms with Crippen LogP contribution in [0, 0.1) is 0 Å². The molecule has 0 bridgehead atoms. The number of likely N-dealkylation sites (N-methyl/N-ethyl adjacent to an activating group) is 1. The monoisotopic (exact) mass is 466 g/mol. The van der Waals surface area contributed by atoms with E-state index < -0.39 is 12.3 Å². The molecule has 1 aliphatic rings. The van der Waals surface area contributed by atoms with E-state index in [1.807, 2.05) is 19.2 Å². The number of nitrogens with zero attached hydrogens (tertiary/aromatic N) is 7. The third-order valence-electron chi connectivity index (χ3n) is 5.38. The van der Waals surface area contributed by atoms with Crippen LogP contribution in [0.2, 0.25) is 0 Å². The number of aromatic nitrogens is 6. The average molecular weight is 466 g/mol. The van der Waals surface area contributed by atoms with Crippen molar-refractivity contribution in [2.75, 3.05) is 20.1 Å². The van der Waals surface area contributed by atoms with Gasteiger partial charge in [-0.15, -0.1) is 15.3 Å². The van der Waals surface area contributed by atoms with E-state index in [0.717, 1.165) is 18.7 Å². The lowest BCUT2D eigenvalue weighted by Crippen LogP contribution is -2.57. The molecule has 34 heavy (non-hydrogen) atoms. The quantitative estimate of drug-likeness (QED) is 0.442. The van der Waals surface area contributed by atoms with Crippen molar-refractivity contribution in [3.63, 3.8) is 0 Å². The number of halogens is 2. The molecule has 10 nitrogen and oxygen atoms in total. The molecule has 0 radical (unpaired) electrons. The molecule has 174 valence electrons. The zero-order valence-corrected chi connectivity index (χ0v) is 18.1. The first-order valence-corrected chi connectivity index (χ1v) is 10.5. The zero-order valence-electron chi connectivity index (χ0n) is 18.1. The number of alkyl halides is 2. The lowest BCUT2D eigenvalue weighted by atomic mass is 10.1. The minimum absolute atomic E-state index is 0.0226. The van der Waals surface area contributed by atoms with Crippen LogP contribution >= 0.6 is 0 Å². The normalized spacial score (nSPS) is 14.4. The Labute approximate surface area is 192 Å². The Hall–Kier alpha value is -4.06. The summed E-state index contributed by atoms with van der Waals surface area (Å²) < 4.78 is 31.8. The second-order valence-corrected chi connectivity index (χ2v) is 8.06. The van der Waals surface area contributed by atoms with Crippen molar-refractivity contribution in [3.8, 4) is 22.7 Å². The SMILES string of the molecule is CN1CC(NC(=O)c2cccc(-c3cn(Cc4ccc(-c5nnc(C(F)F)o5)cn4)nn3)c2)C1. The number of likely N-dealkylation sites (tertiary alicyclic amines) is 1. The Morgan fingerprint density at radius 2 is 2.03 bits per heavy atom. The van der Waals surface area contributed by atoms with Gasteiger partial charge in [0.05, 0.1) is 30.0 Å². The molecule has 5 rings (SSSR count). The van der Waals surface area contributed by atoms with Gasteiger partial charge in [0.15, 0.2) is 0 Å². The summed E-state index contributed by atoms with van der Waals surface area (Å²) in [5.74, 6) is -0.865. The number of carbonyl (C=O) groups is 1. The molecular formula is C22H20F2N8O2. The largest absolute Gasteiger partial charge is 0.415 e. The number of hydrogen-bond acceptors (Lipinski definition) is 8. The number of nitrogens with one attached hydrogen (secondary N) is 1. The molecule has 0 aliphatic carbocycles. The van der Waals surface area contributed by atoms with Gasteiger partial charge in [0.2, 0.25) is 5.89 Å². The second-order valence-electron chi connectivity index (χ2n) is 8.06. The summed E-state index contributed by atoms with van der Waals surface area (Å²) in [5.41, 5.74) is 3.08. The van der Waals surface area contributed by atoms with Crippen LogP contribution in [0.4, 0.5) is 8.78 Å². The average Bonchev–Trinajstić information content (AvgIpc) is 3.49. The van der Waals surface area contributed by atoms with Crippen LogP contribution in [0.1, 0.15) is 28.4 Å². The van der Waals surface area contributed by atoms with Gasteiger partial charge in [0, 0.05) is 30.4 Å². The lowest BCUT2D eigenvalue weighted by molar-refractivity contribution is 0.0857. The summed E-state index contributed by atoms with van der Waals surface area (Å²) in [4.78, 5) is 19.0. The molecule has 1 amide bonds. The minimum Gasteiger partial charge on any atom is -0.415 e. The molecule has 0 unspecified atom stereocenters. The first-order valence-electron chi connectivity index (χ1n) is 10.5. The standard InChI is InChI=1S/C22H20F2N8O2/c1-31-9-17(10-31)26-20(33)14-4-2-3-13(7-14)18-12-32(30-27-18)11-16-6-5-15(8-25-16)21-28-29-22(34-21)19(23)24/h2-8,12,17,19H,9-11H2,1H3,(H,26,33). The van der Waals surface area contributed by atoms with Gasteiger partial charge < -0.3 is 14.6 Å². The maximum absolute atomic E-state index is 12.6. The van der Waals surface area contributed by atoms with Crippen molar-refractivity contribution in [3.05, 3.63) is 65.9 Å². The molecular weight excluding hydrogens is 446 g/mol.